The zero-order chi connectivity index (χ0) is 15.0. The topological polar surface area (TPSA) is 108 Å². The average molecular weight is 282 g/mol. The molecule has 20 heavy (non-hydrogen) atoms. The van der Waals surface area contributed by atoms with Gasteiger partial charge in [-0.3, -0.25) is 0 Å². The number of benzene rings is 1. The number of rotatable bonds is 7. The van der Waals surface area contributed by atoms with E-state index in [1.54, 1.807) is 7.11 Å². The number of nitrogens with one attached hydrogen (secondary N) is 2. The molecule has 7 heteroatoms. The van der Waals surface area contributed by atoms with Crippen molar-refractivity contribution < 1.29 is 24.5 Å². The van der Waals surface area contributed by atoms with Gasteiger partial charge in [-0.25, -0.2) is 9.59 Å². The van der Waals surface area contributed by atoms with E-state index in [1.807, 2.05) is 24.3 Å². The predicted octanol–water partition coefficient (Wildman–Crippen LogP) is -0.0176. The number of carbonyl (C=O) groups excluding carboxylic acids is 1. The summed E-state index contributed by atoms with van der Waals surface area (Å²) < 4.78 is 5.08. The van der Waals surface area contributed by atoms with Crippen LogP contribution in [0.15, 0.2) is 24.3 Å². The summed E-state index contributed by atoms with van der Waals surface area (Å²) in [4.78, 5) is 22.0. The van der Waals surface area contributed by atoms with Gasteiger partial charge in [0.15, 0.2) is 6.04 Å². The van der Waals surface area contributed by atoms with Gasteiger partial charge in [0.25, 0.3) is 0 Å². The zero-order valence-corrected chi connectivity index (χ0v) is 11.1. The number of ether oxygens (including phenoxy) is 1. The monoisotopic (exact) mass is 282 g/mol. The number of aliphatic hydroxyl groups is 1. The summed E-state index contributed by atoms with van der Waals surface area (Å²) in [7, 11) is 1.58. The third kappa shape index (κ3) is 5.15. The van der Waals surface area contributed by atoms with Gasteiger partial charge in [0.2, 0.25) is 0 Å². The molecular weight excluding hydrogens is 264 g/mol. The highest BCUT2D eigenvalue weighted by molar-refractivity contribution is 5.82. The SMILES string of the molecule is COc1cccc(CCNC(=O)NC(CO)C(=O)O)c1. The molecule has 1 unspecified atom stereocenters. The molecule has 1 aromatic rings. The Balaban J connectivity index is 2.36. The smallest absolute Gasteiger partial charge is 0.328 e. The molecule has 0 saturated heterocycles. The minimum Gasteiger partial charge on any atom is -0.497 e. The van der Waals surface area contributed by atoms with Crippen molar-refractivity contribution in [3.8, 4) is 5.75 Å². The molecule has 0 radical (unpaired) electrons. The Morgan fingerprint density at radius 1 is 1.40 bits per heavy atom. The van der Waals surface area contributed by atoms with Crippen LogP contribution in [0.1, 0.15) is 5.56 Å². The third-order valence-electron chi connectivity index (χ3n) is 2.62. The number of urea groups is 1. The Hall–Kier alpha value is -2.28. The summed E-state index contributed by atoms with van der Waals surface area (Å²) in [6, 6.07) is 5.49. The van der Waals surface area contributed by atoms with Crippen LogP contribution in [0.4, 0.5) is 4.79 Å². The number of aliphatic hydroxyl groups excluding tert-OH is 1. The molecule has 2 amide bonds. The molecular formula is C13H18N2O5. The number of carbonyl (C=O) groups is 2. The summed E-state index contributed by atoms with van der Waals surface area (Å²) in [6.45, 7) is -0.310. The molecule has 0 heterocycles. The van der Waals surface area contributed by atoms with E-state index >= 15 is 0 Å². The highest BCUT2D eigenvalue weighted by atomic mass is 16.5. The molecule has 1 aromatic carbocycles. The van der Waals surface area contributed by atoms with Crippen LogP contribution in [0, 0.1) is 0 Å². The highest BCUT2D eigenvalue weighted by Crippen LogP contribution is 2.12. The zero-order valence-electron chi connectivity index (χ0n) is 11.1. The van der Waals surface area contributed by atoms with Crippen molar-refractivity contribution in [3.63, 3.8) is 0 Å². The molecule has 0 aliphatic carbocycles. The maximum Gasteiger partial charge on any atom is 0.328 e. The lowest BCUT2D eigenvalue weighted by Gasteiger charge is -2.12. The van der Waals surface area contributed by atoms with E-state index in [0.717, 1.165) is 11.3 Å². The quantitative estimate of drug-likeness (QED) is 0.562. The molecule has 1 rings (SSSR count). The molecule has 0 bridgehead atoms. The second-order valence-electron chi connectivity index (χ2n) is 4.08. The Labute approximate surface area is 116 Å². The van der Waals surface area contributed by atoms with Crippen molar-refractivity contribution in [1.82, 2.24) is 10.6 Å². The van der Waals surface area contributed by atoms with Gasteiger partial charge >= 0.3 is 12.0 Å². The molecule has 110 valence electrons. The molecule has 0 fully saturated rings. The van der Waals surface area contributed by atoms with Gasteiger partial charge in [0.05, 0.1) is 13.7 Å². The molecule has 0 aliphatic heterocycles. The average Bonchev–Trinajstić information content (AvgIpc) is 2.44. The lowest BCUT2D eigenvalue weighted by atomic mass is 10.1. The molecule has 4 N–H and O–H groups in total. The van der Waals surface area contributed by atoms with Crippen molar-refractivity contribution in [1.29, 1.82) is 0 Å². The predicted molar refractivity (Wildman–Crippen MR) is 71.7 cm³/mol. The Morgan fingerprint density at radius 2 is 2.15 bits per heavy atom. The lowest BCUT2D eigenvalue weighted by Crippen LogP contribution is -2.48. The summed E-state index contributed by atoms with van der Waals surface area (Å²) >= 11 is 0. The van der Waals surface area contributed by atoms with Crippen molar-refractivity contribution in [2.45, 2.75) is 12.5 Å². The number of hydrogen-bond acceptors (Lipinski definition) is 4. The van der Waals surface area contributed by atoms with Gasteiger partial charge in [0, 0.05) is 6.54 Å². The van der Waals surface area contributed by atoms with Crippen LogP contribution in [-0.4, -0.2) is 48.5 Å². The summed E-state index contributed by atoms with van der Waals surface area (Å²) in [5, 5.41) is 22.1. The first-order valence-electron chi connectivity index (χ1n) is 6.07. The van der Waals surface area contributed by atoms with Crippen LogP contribution in [0.2, 0.25) is 0 Å². The van der Waals surface area contributed by atoms with Gasteiger partial charge in [-0.2, -0.15) is 0 Å². The molecule has 0 saturated carbocycles. The summed E-state index contributed by atoms with van der Waals surface area (Å²) in [6.07, 6.45) is 0.585. The Bertz CT molecular complexity index is 464. The van der Waals surface area contributed by atoms with E-state index in [0.29, 0.717) is 13.0 Å². The first-order chi connectivity index (χ1) is 9.56. The largest absolute Gasteiger partial charge is 0.497 e. The number of aliphatic carboxylic acids is 1. The van der Waals surface area contributed by atoms with Crippen LogP contribution in [0.25, 0.3) is 0 Å². The number of carboxylic acids is 1. The second kappa shape index (κ2) is 8.00. The number of hydrogen-bond donors (Lipinski definition) is 4. The number of amides is 2. The number of methoxy groups -OCH3 is 1. The van der Waals surface area contributed by atoms with Crippen molar-refractivity contribution in [2.24, 2.45) is 0 Å². The van der Waals surface area contributed by atoms with Gasteiger partial charge in [-0.15, -0.1) is 0 Å². The normalized spacial score (nSPS) is 11.5. The fourth-order valence-electron chi connectivity index (χ4n) is 1.54. The van der Waals surface area contributed by atoms with Crippen molar-refractivity contribution >= 4 is 12.0 Å². The summed E-state index contributed by atoms with van der Waals surface area (Å²) in [5.41, 5.74) is 0.988. The standard InChI is InChI=1S/C13H18N2O5/c1-20-10-4-2-3-9(7-10)5-6-14-13(19)15-11(8-16)12(17)18/h2-4,7,11,16H,5-6,8H2,1H3,(H,17,18)(H2,14,15,19). The molecule has 7 nitrogen and oxygen atoms in total. The minimum atomic E-state index is -1.30. The van der Waals surface area contributed by atoms with E-state index < -0.39 is 24.6 Å². The van der Waals surface area contributed by atoms with Gasteiger partial charge in [-0.1, -0.05) is 12.1 Å². The van der Waals surface area contributed by atoms with Crippen LogP contribution in [0.3, 0.4) is 0 Å². The lowest BCUT2D eigenvalue weighted by molar-refractivity contribution is -0.140. The van der Waals surface area contributed by atoms with Crippen molar-refractivity contribution in [3.05, 3.63) is 29.8 Å². The second-order valence-corrected chi connectivity index (χ2v) is 4.08. The van der Waals surface area contributed by atoms with E-state index in [-0.39, 0.29) is 0 Å². The molecule has 1 atom stereocenters. The van der Waals surface area contributed by atoms with Gasteiger partial charge in [-0.05, 0) is 24.1 Å². The minimum absolute atomic E-state index is 0.344. The third-order valence-corrected chi connectivity index (χ3v) is 2.62. The van der Waals surface area contributed by atoms with E-state index in [1.165, 1.54) is 0 Å². The van der Waals surface area contributed by atoms with Crippen LogP contribution in [0.5, 0.6) is 5.75 Å². The molecule has 0 aromatic heterocycles. The Morgan fingerprint density at radius 3 is 2.75 bits per heavy atom. The van der Waals surface area contributed by atoms with E-state index in [2.05, 4.69) is 10.6 Å². The highest BCUT2D eigenvalue weighted by Gasteiger charge is 2.17. The fourth-order valence-corrected chi connectivity index (χ4v) is 1.54. The van der Waals surface area contributed by atoms with E-state index in [4.69, 9.17) is 14.9 Å². The fraction of sp³-hybridized carbons (Fsp3) is 0.385. The molecule has 0 aliphatic rings. The van der Waals surface area contributed by atoms with Gasteiger partial charge in [0.1, 0.15) is 5.75 Å². The van der Waals surface area contributed by atoms with Crippen LogP contribution < -0.4 is 15.4 Å². The van der Waals surface area contributed by atoms with Gasteiger partial charge < -0.3 is 25.6 Å². The van der Waals surface area contributed by atoms with Crippen LogP contribution in [-0.2, 0) is 11.2 Å². The Kier molecular flexibility index (Phi) is 6.31. The first-order valence-corrected chi connectivity index (χ1v) is 6.07. The van der Waals surface area contributed by atoms with Crippen molar-refractivity contribution in [2.75, 3.05) is 20.3 Å². The maximum atomic E-state index is 11.4. The number of carboxylic acid groups (broad SMARTS) is 1. The maximum absolute atomic E-state index is 11.4. The van der Waals surface area contributed by atoms with E-state index in [9.17, 15) is 9.59 Å². The molecule has 0 spiro atoms. The van der Waals surface area contributed by atoms with Crippen LogP contribution >= 0.6 is 0 Å². The first kappa shape index (κ1) is 15.8. The summed E-state index contributed by atoms with van der Waals surface area (Å²) in [5.74, 6) is -0.548.